The van der Waals surface area contributed by atoms with Crippen molar-refractivity contribution in [3.8, 4) is 0 Å². The Morgan fingerprint density at radius 1 is 1.30 bits per heavy atom. The van der Waals surface area contributed by atoms with E-state index in [1.54, 1.807) is 0 Å². The Morgan fingerprint density at radius 3 is 2.30 bits per heavy atom. The van der Waals surface area contributed by atoms with Crippen LogP contribution in [0.5, 0.6) is 0 Å². The van der Waals surface area contributed by atoms with E-state index in [1.165, 1.54) is 19.3 Å². The Hall–Kier alpha value is -0.640. The van der Waals surface area contributed by atoms with Crippen molar-refractivity contribution in [3.05, 3.63) is 0 Å². The van der Waals surface area contributed by atoms with E-state index in [2.05, 4.69) is 33.0 Å². The molecule has 0 aromatic rings. The zero-order chi connectivity index (χ0) is 15.3. The lowest BCUT2D eigenvalue weighted by molar-refractivity contribution is -0.123. The third kappa shape index (κ3) is 5.39. The molecule has 0 spiro atoms. The van der Waals surface area contributed by atoms with E-state index in [0.29, 0.717) is 23.2 Å². The molecule has 1 amide bonds. The van der Waals surface area contributed by atoms with Gasteiger partial charge in [-0.2, -0.15) is 0 Å². The van der Waals surface area contributed by atoms with Gasteiger partial charge in [-0.05, 0) is 30.1 Å². The number of rotatable bonds is 5. The van der Waals surface area contributed by atoms with Crippen LogP contribution in [0.1, 0.15) is 66.2 Å². The van der Waals surface area contributed by atoms with E-state index in [9.17, 15) is 4.79 Å². The quantitative estimate of drug-likeness (QED) is 0.765. The summed E-state index contributed by atoms with van der Waals surface area (Å²) in [4.78, 5) is 12.7. The van der Waals surface area contributed by atoms with Crippen molar-refractivity contribution in [2.45, 2.75) is 72.3 Å². The van der Waals surface area contributed by atoms with Crippen molar-refractivity contribution < 1.29 is 4.79 Å². The zero-order valence-corrected chi connectivity index (χ0v) is 14.2. The maximum atomic E-state index is 12.2. The highest BCUT2D eigenvalue weighted by Crippen LogP contribution is 2.29. The van der Waals surface area contributed by atoms with Gasteiger partial charge in [-0.25, -0.2) is 0 Å². The SMILES string of the molecule is CC(CC(=O)NC(C(N)=S)C1CCCCC1)C(C)(C)C. The second-order valence-electron chi connectivity index (χ2n) is 7.32. The number of thiocarbonyl (C=S) groups is 1. The standard InChI is InChI=1S/C16H30N2OS/c1-11(16(2,3)4)10-13(19)18-14(15(17)20)12-8-6-5-7-9-12/h11-12,14H,5-10H2,1-4H3,(H2,17,20)(H,18,19). The van der Waals surface area contributed by atoms with Crippen LogP contribution in [0.25, 0.3) is 0 Å². The topological polar surface area (TPSA) is 55.1 Å². The predicted octanol–water partition coefficient (Wildman–Crippen LogP) is 3.41. The van der Waals surface area contributed by atoms with Crippen LogP contribution < -0.4 is 11.1 Å². The normalized spacial score (nSPS) is 20.2. The molecule has 2 atom stereocenters. The lowest BCUT2D eigenvalue weighted by Crippen LogP contribution is -2.49. The average molecular weight is 298 g/mol. The van der Waals surface area contributed by atoms with Crippen LogP contribution in [-0.4, -0.2) is 16.9 Å². The first-order chi connectivity index (χ1) is 9.21. The number of nitrogens with one attached hydrogen (secondary N) is 1. The van der Waals surface area contributed by atoms with Gasteiger partial charge in [0, 0.05) is 6.42 Å². The molecule has 1 saturated carbocycles. The van der Waals surface area contributed by atoms with Gasteiger partial charge in [0.2, 0.25) is 5.91 Å². The fourth-order valence-corrected chi connectivity index (χ4v) is 2.96. The maximum absolute atomic E-state index is 12.2. The largest absolute Gasteiger partial charge is 0.392 e. The zero-order valence-electron chi connectivity index (χ0n) is 13.4. The van der Waals surface area contributed by atoms with Crippen molar-refractivity contribution in [1.82, 2.24) is 5.32 Å². The van der Waals surface area contributed by atoms with Gasteiger partial charge in [0.05, 0.1) is 11.0 Å². The third-order valence-corrected chi connectivity index (χ3v) is 4.97. The molecule has 1 rings (SSSR count). The van der Waals surface area contributed by atoms with E-state index in [4.69, 9.17) is 18.0 Å². The molecular weight excluding hydrogens is 268 g/mol. The minimum Gasteiger partial charge on any atom is -0.392 e. The summed E-state index contributed by atoms with van der Waals surface area (Å²) >= 11 is 5.17. The minimum absolute atomic E-state index is 0.0794. The van der Waals surface area contributed by atoms with Gasteiger partial charge in [0.15, 0.2) is 0 Å². The summed E-state index contributed by atoms with van der Waals surface area (Å²) in [5.41, 5.74) is 5.99. The highest BCUT2D eigenvalue weighted by molar-refractivity contribution is 7.80. The molecule has 20 heavy (non-hydrogen) atoms. The van der Waals surface area contributed by atoms with E-state index in [1.807, 2.05) is 0 Å². The van der Waals surface area contributed by atoms with Crippen molar-refractivity contribution in [2.24, 2.45) is 23.0 Å². The van der Waals surface area contributed by atoms with Gasteiger partial charge < -0.3 is 11.1 Å². The summed E-state index contributed by atoms with van der Waals surface area (Å²) in [5.74, 6) is 0.840. The van der Waals surface area contributed by atoms with E-state index >= 15 is 0 Å². The summed E-state index contributed by atoms with van der Waals surface area (Å²) in [7, 11) is 0. The number of nitrogens with two attached hydrogens (primary N) is 1. The Kier molecular flexibility index (Phi) is 6.44. The summed E-state index contributed by atoms with van der Waals surface area (Å²) in [6.07, 6.45) is 6.51. The molecule has 0 saturated heterocycles. The van der Waals surface area contributed by atoms with Crippen LogP contribution >= 0.6 is 12.2 Å². The van der Waals surface area contributed by atoms with Crippen molar-refractivity contribution in [1.29, 1.82) is 0 Å². The average Bonchev–Trinajstić information content (AvgIpc) is 2.35. The molecule has 1 fully saturated rings. The lowest BCUT2D eigenvalue weighted by atomic mass is 9.79. The van der Waals surface area contributed by atoms with Gasteiger partial charge in [-0.3, -0.25) is 4.79 Å². The molecular formula is C16H30N2OS. The van der Waals surface area contributed by atoms with Crippen LogP contribution in [0, 0.1) is 17.3 Å². The smallest absolute Gasteiger partial charge is 0.220 e. The molecule has 1 aliphatic carbocycles. The summed E-state index contributed by atoms with van der Waals surface area (Å²) in [6.45, 7) is 8.61. The van der Waals surface area contributed by atoms with Crippen LogP contribution in [-0.2, 0) is 4.79 Å². The van der Waals surface area contributed by atoms with Gasteiger partial charge in [-0.1, -0.05) is 59.2 Å². The monoisotopic (exact) mass is 298 g/mol. The molecule has 116 valence electrons. The van der Waals surface area contributed by atoms with E-state index in [-0.39, 0.29) is 17.4 Å². The highest BCUT2D eigenvalue weighted by atomic mass is 32.1. The maximum Gasteiger partial charge on any atom is 0.220 e. The van der Waals surface area contributed by atoms with Crippen molar-refractivity contribution in [3.63, 3.8) is 0 Å². The number of amides is 1. The number of hydrogen-bond donors (Lipinski definition) is 2. The van der Waals surface area contributed by atoms with Crippen molar-refractivity contribution in [2.75, 3.05) is 0 Å². The van der Waals surface area contributed by atoms with Crippen LogP contribution in [0.2, 0.25) is 0 Å². The van der Waals surface area contributed by atoms with Gasteiger partial charge in [-0.15, -0.1) is 0 Å². The van der Waals surface area contributed by atoms with Crippen LogP contribution in [0.3, 0.4) is 0 Å². The molecule has 1 aliphatic rings. The first-order valence-electron chi connectivity index (χ1n) is 7.80. The fraction of sp³-hybridized carbons (Fsp3) is 0.875. The fourth-order valence-electron chi connectivity index (χ4n) is 2.71. The molecule has 3 N–H and O–H groups in total. The summed E-state index contributed by atoms with van der Waals surface area (Å²) < 4.78 is 0. The highest BCUT2D eigenvalue weighted by Gasteiger charge is 2.29. The first kappa shape index (κ1) is 17.4. The van der Waals surface area contributed by atoms with Gasteiger partial charge in [0.25, 0.3) is 0 Å². The Bertz CT molecular complexity index is 343. The van der Waals surface area contributed by atoms with Crippen LogP contribution in [0.4, 0.5) is 0 Å². The predicted molar refractivity (Wildman–Crippen MR) is 88.5 cm³/mol. The Morgan fingerprint density at radius 2 is 1.85 bits per heavy atom. The number of carbonyl (C=O) groups is 1. The number of hydrogen-bond acceptors (Lipinski definition) is 2. The van der Waals surface area contributed by atoms with Crippen molar-refractivity contribution >= 4 is 23.1 Å². The minimum atomic E-state index is -0.120. The molecule has 4 heteroatoms. The van der Waals surface area contributed by atoms with E-state index in [0.717, 1.165) is 12.8 Å². The molecule has 0 heterocycles. The lowest BCUT2D eigenvalue weighted by Gasteiger charge is -2.32. The molecule has 0 bridgehead atoms. The first-order valence-corrected chi connectivity index (χ1v) is 8.21. The summed E-state index contributed by atoms with van der Waals surface area (Å²) in [6, 6.07) is -0.120. The molecule has 0 aromatic heterocycles. The van der Waals surface area contributed by atoms with Gasteiger partial charge >= 0.3 is 0 Å². The third-order valence-electron chi connectivity index (χ3n) is 4.71. The number of carbonyl (C=O) groups excluding carboxylic acids is 1. The van der Waals surface area contributed by atoms with Gasteiger partial charge in [0.1, 0.15) is 0 Å². The second-order valence-corrected chi connectivity index (χ2v) is 7.79. The molecule has 0 aromatic carbocycles. The van der Waals surface area contributed by atoms with Crippen LogP contribution in [0.15, 0.2) is 0 Å². The molecule has 2 unspecified atom stereocenters. The molecule has 3 nitrogen and oxygen atoms in total. The van der Waals surface area contributed by atoms with E-state index < -0.39 is 0 Å². The summed E-state index contributed by atoms with van der Waals surface area (Å²) in [5, 5.41) is 3.08. The second kappa shape index (κ2) is 7.39. The molecule has 0 radical (unpaired) electrons. The Balaban J connectivity index is 2.57. The Labute approximate surface area is 129 Å². The molecule has 0 aliphatic heterocycles.